The van der Waals surface area contributed by atoms with Crippen LogP contribution in [0.25, 0.3) is 0 Å². The normalized spacial score (nSPS) is 20.1. The Morgan fingerprint density at radius 2 is 2.35 bits per heavy atom. The van der Waals surface area contributed by atoms with Crippen LogP contribution >= 0.6 is 22.6 Å². The average molecular weight is 348 g/mol. The smallest absolute Gasteiger partial charge is 0.404 e. The summed E-state index contributed by atoms with van der Waals surface area (Å²) in [6.07, 6.45) is 0.865. The van der Waals surface area contributed by atoms with Gasteiger partial charge in [0.05, 0.1) is 0 Å². The van der Waals surface area contributed by atoms with Crippen molar-refractivity contribution < 1.29 is 9.90 Å². The molecule has 17 heavy (non-hydrogen) atoms. The van der Waals surface area contributed by atoms with Crippen molar-refractivity contribution in [3.63, 3.8) is 0 Å². The Balaban J connectivity index is 2.01. The second-order valence-electron chi connectivity index (χ2n) is 3.95. The molecule has 1 saturated heterocycles. The van der Waals surface area contributed by atoms with Crippen molar-refractivity contribution >= 4 is 34.5 Å². The van der Waals surface area contributed by atoms with Gasteiger partial charge in [0.2, 0.25) is 0 Å². The second kappa shape index (κ2) is 5.48. The molecule has 2 N–H and O–H groups in total. The zero-order valence-electron chi connectivity index (χ0n) is 9.14. The topological polar surface area (TPSA) is 78.4 Å². The van der Waals surface area contributed by atoms with E-state index in [0.717, 1.165) is 28.9 Å². The largest absolute Gasteiger partial charge is 0.465 e. The molecule has 1 fully saturated rings. The van der Waals surface area contributed by atoms with Crippen molar-refractivity contribution in [1.82, 2.24) is 15.5 Å². The van der Waals surface area contributed by atoms with Crippen molar-refractivity contribution in [2.45, 2.75) is 18.9 Å². The van der Waals surface area contributed by atoms with Gasteiger partial charge in [-0.2, -0.15) is 0 Å². The number of halogens is 1. The summed E-state index contributed by atoms with van der Waals surface area (Å²) in [6, 6.07) is 3.79. The summed E-state index contributed by atoms with van der Waals surface area (Å²) in [6.45, 7) is 1.55. The first kappa shape index (κ1) is 12.3. The van der Waals surface area contributed by atoms with E-state index in [2.05, 4.69) is 43.0 Å². The van der Waals surface area contributed by atoms with Crippen LogP contribution in [0.3, 0.4) is 0 Å². The Bertz CT molecular complexity index is 398. The van der Waals surface area contributed by atoms with Gasteiger partial charge >= 0.3 is 6.09 Å². The summed E-state index contributed by atoms with van der Waals surface area (Å²) < 4.78 is 0.851. The van der Waals surface area contributed by atoms with Crippen LogP contribution in [0.15, 0.2) is 12.1 Å². The third kappa shape index (κ3) is 3.42. The monoisotopic (exact) mass is 348 g/mol. The van der Waals surface area contributed by atoms with E-state index in [9.17, 15) is 4.79 Å². The van der Waals surface area contributed by atoms with Crippen LogP contribution in [-0.2, 0) is 0 Å². The molecule has 1 unspecified atom stereocenters. The Labute approximate surface area is 113 Å². The molecule has 0 aromatic carbocycles. The Morgan fingerprint density at radius 3 is 3.00 bits per heavy atom. The number of nitrogens with one attached hydrogen (secondary N) is 1. The van der Waals surface area contributed by atoms with Crippen LogP contribution in [0, 0.1) is 3.70 Å². The lowest BCUT2D eigenvalue weighted by Gasteiger charge is -2.32. The zero-order chi connectivity index (χ0) is 12.3. The van der Waals surface area contributed by atoms with Crippen LogP contribution in [0.4, 0.5) is 10.6 Å². The molecular formula is C10H13IN4O2. The summed E-state index contributed by atoms with van der Waals surface area (Å²) in [5, 5.41) is 19.3. The number of anilines is 1. The number of carbonyl (C=O) groups is 1. The fraction of sp³-hybridized carbons (Fsp3) is 0.500. The van der Waals surface area contributed by atoms with Gasteiger partial charge in [-0.15, -0.1) is 10.2 Å². The molecule has 0 aliphatic carbocycles. The molecule has 1 aromatic heterocycles. The van der Waals surface area contributed by atoms with Crippen LogP contribution in [0.1, 0.15) is 12.8 Å². The van der Waals surface area contributed by atoms with Crippen molar-refractivity contribution in [3.8, 4) is 0 Å². The molecule has 1 aliphatic heterocycles. The molecule has 0 spiro atoms. The predicted octanol–water partition coefficient (Wildman–Crippen LogP) is 1.32. The molecule has 1 aliphatic rings. The molecule has 2 rings (SSSR count). The van der Waals surface area contributed by atoms with Gasteiger partial charge in [0.25, 0.3) is 0 Å². The first-order valence-corrected chi connectivity index (χ1v) is 6.46. The molecule has 2 heterocycles. The number of hydrogen-bond acceptors (Lipinski definition) is 4. The molecule has 1 amide bonds. The maximum Gasteiger partial charge on any atom is 0.404 e. The number of aromatic nitrogens is 2. The number of nitrogens with zero attached hydrogens (tertiary/aromatic N) is 3. The Kier molecular flexibility index (Phi) is 3.97. The predicted molar refractivity (Wildman–Crippen MR) is 71.1 cm³/mol. The first-order valence-electron chi connectivity index (χ1n) is 5.39. The van der Waals surface area contributed by atoms with E-state index in [0.29, 0.717) is 6.54 Å². The Hall–Kier alpha value is -1.12. The zero-order valence-corrected chi connectivity index (χ0v) is 11.3. The van der Waals surface area contributed by atoms with Gasteiger partial charge in [0.1, 0.15) is 3.70 Å². The summed E-state index contributed by atoms with van der Waals surface area (Å²) in [7, 11) is 0. The lowest BCUT2D eigenvalue weighted by molar-refractivity contribution is 0.188. The lowest BCUT2D eigenvalue weighted by atomic mass is 10.1. The molecule has 0 saturated carbocycles. The quantitative estimate of drug-likeness (QED) is 0.789. The molecule has 0 radical (unpaired) electrons. The van der Waals surface area contributed by atoms with Gasteiger partial charge < -0.3 is 15.3 Å². The molecular weight excluding hydrogens is 335 g/mol. The number of carboxylic acid groups (broad SMARTS) is 1. The molecule has 92 valence electrons. The summed E-state index contributed by atoms with van der Waals surface area (Å²) in [4.78, 5) is 12.7. The fourth-order valence-electron chi connectivity index (χ4n) is 1.96. The molecule has 7 heteroatoms. The molecule has 1 atom stereocenters. The van der Waals surface area contributed by atoms with Crippen LogP contribution < -0.4 is 10.2 Å². The standard InChI is InChI=1S/C10H13IN4O2/c11-8-3-4-9(14-13-8)15-5-1-2-7(6-15)12-10(16)17/h3-4,7,12H,1-2,5-6H2,(H,16,17). The average Bonchev–Trinajstić information content (AvgIpc) is 2.29. The summed E-state index contributed by atoms with van der Waals surface area (Å²) >= 11 is 2.11. The van der Waals surface area contributed by atoms with E-state index in [1.165, 1.54) is 0 Å². The minimum atomic E-state index is -0.967. The van der Waals surface area contributed by atoms with Gasteiger partial charge in [-0.05, 0) is 47.6 Å². The van der Waals surface area contributed by atoms with Crippen molar-refractivity contribution in [2.24, 2.45) is 0 Å². The Morgan fingerprint density at radius 1 is 1.53 bits per heavy atom. The highest BCUT2D eigenvalue weighted by molar-refractivity contribution is 14.1. The molecule has 1 aromatic rings. The van der Waals surface area contributed by atoms with E-state index in [1.807, 2.05) is 12.1 Å². The SMILES string of the molecule is O=C(O)NC1CCCN(c2ccc(I)nn2)C1. The van der Waals surface area contributed by atoms with E-state index in [4.69, 9.17) is 5.11 Å². The maximum absolute atomic E-state index is 10.6. The van der Waals surface area contributed by atoms with Crippen LogP contribution in [0.2, 0.25) is 0 Å². The maximum atomic E-state index is 10.6. The van der Waals surface area contributed by atoms with Gasteiger partial charge in [0, 0.05) is 19.1 Å². The van der Waals surface area contributed by atoms with E-state index < -0.39 is 6.09 Å². The summed E-state index contributed by atoms with van der Waals surface area (Å²) in [5.41, 5.74) is 0. The van der Waals surface area contributed by atoms with Crippen molar-refractivity contribution in [3.05, 3.63) is 15.8 Å². The number of amides is 1. The van der Waals surface area contributed by atoms with Gasteiger partial charge in [-0.1, -0.05) is 0 Å². The van der Waals surface area contributed by atoms with Crippen LogP contribution in [-0.4, -0.2) is 40.5 Å². The third-order valence-electron chi connectivity index (χ3n) is 2.69. The van der Waals surface area contributed by atoms with E-state index in [-0.39, 0.29) is 6.04 Å². The minimum Gasteiger partial charge on any atom is -0.465 e. The van der Waals surface area contributed by atoms with Crippen molar-refractivity contribution in [2.75, 3.05) is 18.0 Å². The first-order chi connectivity index (χ1) is 8.15. The minimum absolute atomic E-state index is 0.0256. The van der Waals surface area contributed by atoms with Gasteiger partial charge in [-0.3, -0.25) is 0 Å². The highest BCUT2D eigenvalue weighted by atomic mass is 127. The lowest BCUT2D eigenvalue weighted by Crippen LogP contribution is -2.47. The molecule has 0 bridgehead atoms. The van der Waals surface area contributed by atoms with Crippen molar-refractivity contribution in [1.29, 1.82) is 0 Å². The van der Waals surface area contributed by atoms with Gasteiger partial charge in [-0.25, -0.2) is 4.79 Å². The highest BCUT2D eigenvalue weighted by Crippen LogP contribution is 2.17. The van der Waals surface area contributed by atoms with Gasteiger partial charge in [0.15, 0.2) is 5.82 Å². The number of hydrogen-bond donors (Lipinski definition) is 2. The third-order valence-corrected chi connectivity index (χ3v) is 3.27. The van der Waals surface area contributed by atoms with E-state index >= 15 is 0 Å². The van der Waals surface area contributed by atoms with Crippen LogP contribution in [0.5, 0.6) is 0 Å². The number of rotatable bonds is 2. The fourth-order valence-corrected chi connectivity index (χ4v) is 2.24. The second-order valence-corrected chi connectivity index (χ2v) is 5.05. The van der Waals surface area contributed by atoms with E-state index in [1.54, 1.807) is 0 Å². The summed E-state index contributed by atoms with van der Waals surface area (Å²) in [5.74, 6) is 0.808. The number of piperidine rings is 1. The molecule has 6 nitrogen and oxygen atoms in total. The highest BCUT2D eigenvalue weighted by Gasteiger charge is 2.22.